The fourth-order valence-electron chi connectivity index (χ4n) is 3.20. The van der Waals surface area contributed by atoms with E-state index in [4.69, 9.17) is 9.15 Å². The minimum absolute atomic E-state index is 0.0624. The molecule has 0 bridgehead atoms. The molecule has 0 aliphatic heterocycles. The lowest BCUT2D eigenvalue weighted by molar-refractivity contribution is -0.123. The standard InChI is InChI=1S/C25H35NO4/c1-17(20(27)15-12-18-10-13-19(14-11-18)24(2,3)4)22(21-9-8-16-29-21)26-23(28)30-25(5,6)7/h8-11,13-14,16-17,22H,12,15H2,1-7H3,(H,26,28). The molecular formula is C25H35NO4. The maximum absolute atomic E-state index is 12.9. The number of rotatable bonds is 7. The van der Waals surface area contributed by atoms with Crippen molar-refractivity contribution >= 4 is 11.9 Å². The fourth-order valence-corrected chi connectivity index (χ4v) is 3.20. The van der Waals surface area contributed by atoms with E-state index in [0.717, 1.165) is 5.56 Å². The Bertz CT molecular complexity index is 824. The summed E-state index contributed by atoms with van der Waals surface area (Å²) in [6, 6.07) is 11.3. The third-order valence-corrected chi connectivity index (χ3v) is 5.01. The van der Waals surface area contributed by atoms with Gasteiger partial charge in [0.1, 0.15) is 17.1 Å². The lowest BCUT2D eigenvalue weighted by Crippen LogP contribution is -2.39. The molecule has 2 atom stereocenters. The van der Waals surface area contributed by atoms with Crippen molar-refractivity contribution in [3.05, 3.63) is 59.5 Å². The summed E-state index contributed by atoms with van der Waals surface area (Å²) in [5.41, 5.74) is 1.88. The molecule has 0 radical (unpaired) electrons. The lowest BCUT2D eigenvalue weighted by atomic mass is 9.86. The van der Waals surface area contributed by atoms with E-state index < -0.39 is 23.7 Å². The molecule has 0 aliphatic carbocycles. The van der Waals surface area contributed by atoms with Crippen molar-refractivity contribution in [2.75, 3.05) is 0 Å². The molecule has 164 valence electrons. The predicted molar refractivity (Wildman–Crippen MR) is 118 cm³/mol. The number of furan rings is 1. The number of Topliss-reactive ketones (excluding diaryl/α,β-unsaturated/α-hetero) is 1. The molecule has 1 amide bonds. The van der Waals surface area contributed by atoms with Crippen LogP contribution in [0, 0.1) is 5.92 Å². The molecular weight excluding hydrogens is 378 g/mol. The fraction of sp³-hybridized carbons (Fsp3) is 0.520. The summed E-state index contributed by atoms with van der Waals surface area (Å²) < 4.78 is 10.8. The van der Waals surface area contributed by atoms with E-state index in [1.807, 2.05) is 6.92 Å². The van der Waals surface area contributed by atoms with Crippen molar-refractivity contribution in [1.29, 1.82) is 0 Å². The Labute approximate surface area is 180 Å². The highest BCUT2D eigenvalue weighted by atomic mass is 16.6. The van der Waals surface area contributed by atoms with Gasteiger partial charge in [0.05, 0.1) is 12.3 Å². The van der Waals surface area contributed by atoms with Gasteiger partial charge in [-0.25, -0.2) is 4.79 Å². The van der Waals surface area contributed by atoms with Crippen LogP contribution in [0.4, 0.5) is 4.79 Å². The number of hydrogen-bond donors (Lipinski definition) is 1. The van der Waals surface area contributed by atoms with Crippen LogP contribution in [-0.4, -0.2) is 17.5 Å². The van der Waals surface area contributed by atoms with E-state index in [-0.39, 0.29) is 11.2 Å². The second kappa shape index (κ2) is 9.50. The average molecular weight is 414 g/mol. The Balaban J connectivity index is 2.03. The van der Waals surface area contributed by atoms with E-state index in [1.54, 1.807) is 32.9 Å². The average Bonchev–Trinajstić information content (AvgIpc) is 3.16. The van der Waals surface area contributed by atoms with Gasteiger partial charge in [0.25, 0.3) is 0 Å². The summed E-state index contributed by atoms with van der Waals surface area (Å²) >= 11 is 0. The molecule has 0 saturated heterocycles. The molecule has 2 rings (SSSR count). The van der Waals surface area contributed by atoms with Crippen LogP contribution < -0.4 is 5.32 Å². The first kappa shape index (κ1) is 23.7. The molecule has 0 spiro atoms. The van der Waals surface area contributed by atoms with Crippen LogP contribution in [-0.2, 0) is 21.4 Å². The highest BCUT2D eigenvalue weighted by molar-refractivity contribution is 5.82. The lowest BCUT2D eigenvalue weighted by Gasteiger charge is -2.25. The van der Waals surface area contributed by atoms with Crippen LogP contribution in [0.25, 0.3) is 0 Å². The molecule has 1 aromatic heterocycles. The van der Waals surface area contributed by atoms with Gasteiger partial charge in [0.2, 0.25) is 0 Å². The van der Waals surface area contributed by atoms with Gasteiger partial charge >= 0.3 is 6.09 Å². The molecule has 2 unspecified atom stereocenters. The SMILES string of the molecule is CC(C(=O)CCc1ccc(C(C)(C)C)cc1)C(NC(=O)OC(C)(C)C)c1ccco1. The first-order valence-electron chi connectivity index (χ1n) is 10.5. The molecule has 30 heavy (non-hydrogen) atoms. The molecule has 1 N–H and O–H groups in total. The van der Waals surface area contributed by atoms with Gasteiger partial charge in [-0.2, -0.15) is 0 Å². The van der Waals surface area contributed by atoms with Crippen LogP contribution in [0.3, 0.4) is 0 Å². The number of hydrogen-bond acceptors (Lipinski definition) is 4. The minimum Gasteiger partial charge on any atom is -0.467 e. The van der Waals surface area contributed by atoms with Crippen LogP contribution in [0.2, 0.25) is 0 Å². The van der Waals surface area contributed by atoms with E-state index in [9.17, 15) is 9.59 Å². The molecule has 0 fully saturated rings. The third-order valence-electron chi connectivity index (χ3n) is 5.01. The van der Waals surface area contributed by atoms with Crippen molar-refractivity contribution in [1.82, 2.24) is 5.32 Å². The van der Waals surface area contributed by atoms with Gasteiger partial charge < -0.3 is 14.5 Å². The second-order valence-electron chi connectivity index (χ2n) is 9.84. The second-order valence-corrected chi connectivity index (χ2v) is 9.84. The predicted octanol–water partition coefficient (Wildman–Crippen LogP) is 5.98. The summed E-state index contributed by atoms with van der Waals surface area (Å²) in [4.78, 5) is 25.2. The Hall–Kier alpha value is -2.56. The number of benzene rings is 1. The largest absolute Gasteiger partial charge is 0.467 e. The van der Waals surface area contributed by atoms with Crippen molar-refractivity contribution in [2.45, 2.75) is 78.4 Å². The molecule has 2 aromatic rings. The third kappa shape index (κ3) is 7.05. The summed E-state index contributed by atoms with van der Waals surface area (Å²) in [6.45, 7) is 13.8. The summed E-state index contributed by atoms with van der Waals surface area (Å²) in [7, 11) is 0. The van der Waals surface area contributed by atoms with Gasteiger partial charge in [-0.3, -0.25) is 4.79 Å². The summed E-state index contributed by atoms with van der Waals surface area (Å²) in [5.74, 6) is 0.154. The summed E-state index contributed by atoms with van der Waals surface area (Å²) in [5, 5.41) is 2.80. The van der Waals surface area contributed by atoms with Crippen LogP contribution in [0.5, 0.6) is 0 Å². The highest BCUT2D eigenvalue weighted by Gasteiger charge is 2.30. The number of amides is 1. The summed E-state index contributed by atoms with van der Waals surface area (Å²) in [6.07, 6.45) is 2.02. The molecule has 0 saturated carbocycles. The maximum Gasteiger partial charge on any atom is 0.408 e. The monoisotopic (exact) mass is 413 g/mol. The zero-order chi connectivity index (χ0) is 22.5. The van der Waals surface area contributed by atoms with Crippen molar-refractivity contribution < 1.29 is 18.7 Å². The first-order chi connectivity index (χ1) is 13.9. The Morgan fingerprint density at radius 2 is 1.67 bits per heavy atom. The minimum atomic E-state index is -0.621. The van der Waals surface area contributed by atoms with Crippen LogP contribution in [0.1, 0.15) is 77.8 Å². The van der Waals surface area contributed by atoms with Crippen molar-refractivity contribution in [2.24, 2.45) is 5.92 Å². The van der Waals surface area contributed by atoms with Gasteiger partial charge in [-0.1, -0.05) is 52.0 Å². The van der Waals surface area contributed by atoms with Crippen LogP contribution >= 0.6 is 0 Å². The topological polar surface area (TPSA) is 68.5 Å². The number of ether oxygens (including phenoxy) is 1. The molecule has 5 heteroatoms. The quantitative estimate of drug-likeness (QED) is 0.606. The molecule has 1 heterocycles. The smallest absolute Gasteiger partial charge is 0.408 e. The Morgan fingerprint density at radius 3 is 2.17 bits per heavy atom. The number of carbonyl (C=O) groups excluding carboxylic acids is 2. The van der Waals surface area contributed by atoms with Gasteiger partial charge in [-0.15, -0.1) is 0 Å². The number of aryl methyl sites for hydroxylation is 1. The van der Waals surface area contributed by atoms with Gasteiger partial charge in [-0.05, 0) is 55.9 Å². The van der Waals surface area contributed by atoms with E-state index in [0.29, 0.717) is 18.6 Å². The zero-order valence-corrected chi connectivity index (χ0v) is 19.2. The molecule has 1 aromatic carbocycles. The normalized spacial score (nSPS) is 14.1. The number of nitrogens with one attached hydrogen (secondary N) is 1. The first-order valence-corrected chi connectivity index (χ1v) is 10.5. The molecule has 0 aliphatic rings. The highest BCUT2D eigenvalue weighted by Crippen LogP contribution is 2.26. The van der Waals surface area contributed by atoms with Crippen molar-refractivity contribution in [3.8, 4) is 0 Å². The number of ketones is 1. The zero-order valence-electron chi connectivity index (χ0n) is 19.2. The van der Waals surface area contributed by atoms with Crippen molar-refractivity contribution in [3.63, 3.8) is 0 Å². The van der Waals surface area contributed by atoms with Gasteiger partial charge in [0, 0.05) is 12.3 Å². The van der Waals surface area contributed by atoms with E-state index in [2.05, 4.69) is 50.4 Å². The maximum atomic E-state index is 12.9. The van der Waals surface area contributed by atoms with E-state index in [1.165, 1.54) is 11.8 Å². The van der Waals surface area contributed by atoms with E-state index >= 15 is 0 Å². The molecule has 5 nitrogen and oxygen atoms in total. The number of alkyl carbamates (subject to hydrolysis) is 1. The number of carbonyl (C=O) groups is 2. The Kier molecular flexibility index (Phi) is 7.51. The van der Waals surface area contributed by atoms with Gasteiger partial charge in [0.15, 0.2) is 0 Å². The van der Waals surface area contributed by atoms with Crippen LogP contribution in [0.15, 0.2) is 47.1 Å². The Morgan fingerprint density at radius 1 is 1.03 bits per heavy atom.